The number of aliphatic carboxylic acids is 1. The molecule has 0 aromatic carbocycles. The topological polar surface area (TPSA) is 49.3 Å². The molecule has 1 aliphatic rings. The lowest BCUT2D eigenvalue weighted by Crippen LogP contribution is -2.27. The molecule has 3 nitrogen and oxygen atoms in total. The van der Waals surface area contributed by atoms with E-state index in [0.29, 0.717) is 0 Å². The molecule has 0 bridgehead atoms. The number of halogens is 1. The highest BCUT2D eigenvalue weighted by Crippen LogP contribution is 2.12. The Morgan fingerprint density at radius 2 is 2.44 bits per heavy atom. The van der Waals surface area contributed by atoms with Crippen LogP contribution in [0.15, 0.2) is 0 Å². The van der Waals surface area contributed by atoms with Crippen molar-refractivity contribution in [3.8, 4) is 0 Å². The van der Waals surface area contributed by atoms with Gasteiger partial charge in [0.15, 0.2) is 5.37 Å². The third-order valence-electron chi connectivity index (χ3n) is 0.941. The van der Waals surface area contributed by atoms with Crippen molar-refractivity contribution in [2.75, 3.05) is 12.3 Å². The fourth-order valence-corrected chi connectivity index (χ4v) is 1.43. The zero-order valence-corrected chi connectivity index (χ0v) is 6.30. The van der Waals surface area contributed by atoms with Gasteiger partial charge in [-0.15, -0.1) is 24.2 Å². The van der Waals surface area contributed by atoms with E-state index >= 15 is 0 Å². The maximum Gasteiger partial charge on any atom is 0.331 e. The number of thioether (sulfide) groups is 1. The summed E-state index contributed by atoms with van der Waals surface area (Å²) in [5, 5.41) is 10.8. The van der Waals surface area contributed by atoms with Gasteiger partial charge in [-0.1, -0.05) is 0 Å². The number of carbonyl (C=O) groups is 1. The minimum atomic E-state index is -0.757. The Morgan fingerprint density at radius 1 is 1.78 bits per heavy atom. The van der Waals surface area contributed by atoms with Gasteiger partial charge >= 0.3 is 5.97 Å². The summed E-state index contributed by atoms with van der Waals surface area (Å²) in [5.74, 6) is 0.157. The molecule has 0 radical (unpaired) electrons. The molecule has 1 rings (SSSR count). The second-order valence-corrected chi connectivity index (χ2v) is 2.76. The van der Waals surface area contributed by atoms with Crippen molar-refractivity contribution in [1.29, 1.82) is 0 Å². The van der Waals surface area contributed by atoms with Crippen molar-refractivity contribution in [3.63, 3.8) is 0 Å². The zero-order chi connectivity index (χ0) is 5.98. The molecule has 2 N–H and O–H groups in total. The molecular weight excluding hydrogens is 162 g/mol. The van der Waals surface area contributed by atoms with Gasteiger partial charge in [0.05, 0.1) is 0 Å². The maximum atomic E-state index is 10.1. The first kappa shape index (κ1) is 9.07. The lowest BCUT2D eigenvalue weighted by atomic mass is 10.6. The number of hydrogen-bond donors (Lipinski definition) is 2. The van der Waals surface area contributed by atoms with Crippen LogP contribution in [0, 0.1) is 0 Å². The Hall–Kier alpha value is 0.0700. The lowest BCUT2D eigenvalue weighted by molar-refractivity contribution is -0.136. The summed E-state index contributed by atoms with van der Waals surface area (Å²) in [6.45, 7) is 0.821. The van der Waals surface area contributed by atoms with Crippen molar-refractivity contribution in [3.05, 3.63) is 0 Å². The summed E-state index contributed by atoms with van der Waals surface area (Å²) in [5.41, 5.74) is 0. The summed E-state index contributed by atoms with van der Waals surface area (Å²) in [6, 6.07) is 0. The van der Waals surface area contributed by atoms with E-state index in [1.54, 1.807) is 0 Å². The lowest BCUT2D eigenvalue weighted by Gasteiger charge is -1.98. The first-order valence-corrected chi connectivity index (χ1v) is 3.43. The van der Waals surface area contributed by atoms with Crippen LogP contribution in [0.1, 0.15) is 0 Å². The normalized spacial score (nSPS) is 25.1. The summed E-state index contributed by atoms with van der Waals surface area (Å²) in [6.07, 6.45) is 0. The van der Waals surface area contributed by atoms with Gasteiger partial charge in [-0.2, -0.15) is 0 Å². The van der Waals surface area contributed by atoms with Crippen molar-refractivity contribution in [1.82, 2.24) is 5.32 Å². The van der Waals surface area contributed by atoms with E-state index in [0.717, 1.165) is 12.3 Å². The van der Waals surface area contributed by atoms with Gasteiger partial charge < -0.3 is 5.11 Å². The molecule has 0 unspecified atom stereocenters. The fourth-order valence-electron chi connectivity index (χ4n) is 0.584. The van der Waals surface area contributed by atoms with Gasteiger partial charge in [0.1, 0.15) is 0 Å². The molecule has 0 aromatic rings. The minimum Gasteiger partial charge on any atom is -0.479 e. The Labute approximate surface area is 63.6 Å². The highest BCUT2D eigenvalue weighted by atomic mass is 35.5. The van der Waals surface area contributed by atoms with Gasteiger partial charge in [0.2, 0.25) is 0 Å². The number of hydrogen-bond acceptors (Lipinski definition) is 3. The Balaban J connectivity index is 0.000000640. The molecule has 1 saturated heterocycles. The molecule has 0 amide bonds. The quantitative estimate of drug-likeness (QED) is 0.587. The van der Waals surface area contributed by atoms with Crippen molar-refractivity contribution in [2.24, 2.45) is 0 Å². The number of nitrogens with one attached hydrogen (secondary N) is 1. The summed E-state index contributed by atoms with van der Waals surface area (Å²) in [4.78, 5) is 10.1. The van der Waals surface area contributed by atoms with Gasteiger partial charge in [0, 0.05) is 12.3 Å². The fraction of sp³-hybridized carbons (Fsp3) is 0.750. The Kier molecular flexibility index (Phi) is 4.01. The van der Waals surface area contributed by atoms with Crippen molar-refractivity contribution < 1.29 is 9.90 Å². The van der Waals surface area contributed by atoms with Crippen LogP contribution in [0.2, 0.25) is 0 Å². The molecule has 0 aliphatic carbocycles. The highest BCUT2D eigenvalue weighted by molar-refractivity contribution is 8.00. The van der Waals surface area contributed by atoms with Crippen LogP contribution in [0.3, 0.4) is 0 Å². The van der Waals surface area contributed by atoms with Crippen LogP contribution in [0.4, 0.5) is 0 Å². The van der Waals surface area contributed by atoms with Crippen LogP contribution in [-0.2, 0) is 4.79 Å². The van der Waals surface area contributed by atoms with Crippen molar-refractivity contribution in [2.45, 2.75) is 5.37 Å². The highest BCUT2D eigenvalue weighted by Gasteiger charge is 2.20. The van der Waals surface area contributed by atoms with Gasteiger partial charge in [-0.05, 0) is 0 Å². The molecular formula is C4H8ClNO2S. The first-order valence-electron chi connectivity index (χ1n) is 2.38. The van der Waals surface area contributed by atoms with Crippen LogP contribution >= 0.6 is 24.2 Å². The van der Waals surface area contributed by atoms with Gasteiger partial charge in [-0.25, -0.2) is 4.79 Å². The van der Waals surface area contributed by atoms with Crippen LogP contribution < -0.4 is 5.32 Å². The third kappa shape index (κ3) is 2.43. The maximum absolute atomic E-state index is 10.1. The molecule has 5 heteroatoms. The van der Waals surface area contributed by atoms with Crippen LogP contribution in [0.5, 0.6) is 0 Å². The van der Waals surface area contributed by atoms with E-state index in [4.69, 9.17) is 5.11 Å². The van der Waals surface area contributed by atoms with E-state index in [1.165, 1.54) is 11.8 Å². The number of rotatable bonds is 1. The molecule has 0 saturated carbocycles. The third-order valence-corrected chi connectivity index (χ3v) is 2.08. The molecule has 1 aliphatic heterocycles. The monoisotopic (exact) mass is 169 g/mol. The van der Waals surface area contributed by atoms with Crippen molar-refractivity contribution >= 4 is 30.1 Å². The van der Waals surface area contributed by atoms with Crippen LogP contribution in [-0.4, -0.2) is 28.7 Å². The summed E-state index contributed by atoms with van der Waals surface area (Å²) in [7, 11) is 0. The van der Waals surface area contributed by atoms with E-state index in [9.17, 15) is 4.79 Å². The van der Waals surface area contributed by atoms with E-state index < -0.39 is 5.97 Å². The van der Waals surface area contributed by atoms with E-state index in [2.05, 4.69) is 5.32 Å². The number of carboxylic acid groups (broad SMARTS) is 1. The average molecular weight is 170 g/mol. The van der Waals surface area contributed by atoms with E-state index in [-0.39, 0.29) is 17.8 Å². The van der Waals surface area contributed by atoms with Gasteiger partial charge in [0.25, 0.3) is 0 Å². The largest absolute Gasteiger partial charge is 0.479 e. The standard InChI is InChI=1S/C4H7NO2S.ClH/c6-4(7)3-5-1-2-8-3;/h3,5H,1-2H2,(H,6,7);1H/t3-;/m0./s1. The zero-order valence-electron chi connectivity index (χ0n) is 4.66. The smallest absolute Gasteiger partial charge is 0.331 e. The summed E-state index contributed by atoms with van der Waals surface area (Å²) >= 11 is 1.44. The van der Waals surface area contributed by atoms with Crippen LogP contribution in [0.25, 0.3) is 0 Å². The molecule has 1 atom stereocenters. The molecule has 0 aromatic heterocycles. The predicted molar refractivity (Wildman–Crippen MR) is 39.1 cm³/mol. The Morgan fingerprint density at radius 3 is 2.67 bits per heavy atom. The summed E-state index contributed by atoms with van der Waals surface area (Å²) < 4.78 is 0. The first-order chi connectivity index (χ1) is 3.80. The Bertz CT molecular complexity index is 105. The second kappa shape index (κ2) is 3.98. The van der Waals surface area contributed by atoms with E-state index in [1.807, 2.05) is 0 Å². The molecule has 9 heavy (non-hydrogen) atoms. The molecule has 0 spiro atoms. The molecule has 54 valence electrons. The minimum absolute atomic E-state index is 0. The predicted octanol–water partition coefficient (Wildman–Crippen LogP) is 0.155. The SMILES string of the molecule is Cl.O=C(O)[C@H]1NCCS1. The number of carboxylic acids is 1. The average Bonchev–Trinajstić information content (AvgIpc) is 2.12. The molecule has 1 fully saturated rings. The second-order valence-electron chi connectivity index (χ2n) is 1.54. The molecule has 1 heterocycles. The van der Waals surface area contributed by atoms with Gasteiger partial charge in [-0.3, -0.25) is 5.32 Å².